The van der Waals surface area contributed by atoms with Crippen molar-refractivity contribution in [2.45, 2.75) is 26.4 Å². The van der Waals surface area contributed by atoms with E-state index in [-0.39, 0.29) is 0 Å². The minimum atomic E-state index is -0.538. The number of esters is 1. The molecule has 0 aliphatic rings. The van der Waals surface area contributed by atoms with Crippen molar-refractivity contribution in [2.24, 2.45) is 0 Å². The Morgan fingerprint density at radius 3 is 2.40 bits per heavy atom. The lowest BCUT2D eigenvalue weighted by Gasteiger charge is -2.18. The molecular weight excluding hydrogens is 317 g/mol. The van der Waals surface area contributed by atoms with Gasteiger partial charge in [-0.05, 0) is 50.5 Å². The summed E-state index contributed by atoms with van der Waals surface area (Å²) in [7, 11) is 0. The van der Waals surface area contributed by atoms with Crippen LogP contribution in [0.4, 0.5) is 0 Å². The van der Waals surface area contributed by atoms with Crippen molar-refractivity contribution < 1.29 is 9.53 Å². The van der Waals surface area contributed by atoms with Crippen LogP contribution in [0.15, 0.2) is 24.3 Å². The molecule has 0 radical (unpaired) electrons. The number of carbonyl (C=O) groups is 1. The Morgan fingerprint density at radius 1 is 1.25 bits per heavy atom. The number of benzene rings is 1. The molecule has 1 heterocycles. The highest BCUT2D eigenvalue weighted by molar-refractivity contribution is 7.08. The highest BCUT2D eigenvalue weighted by atomic mass is 35.5. The normalized spacial score (nSPS) is 11.4. The standard InChI is InChI=1S/C14H13Cl2NO2S/c1-14(2,3)19-13(18)11-7-10(17-20-11)12-8(15)5-4-6-9(12)16/h4-7H,1-3H3. The number of carbonyl (C=O) groups excluding carboxylic acids is 1. The van der Waals surface area contributed by atoms with Crippen molar-refractivity contribution in [3.63, 3.8) is 0 Å². The molecule has 1 aromatic carbocycles. The van der Waals surface area contributed by atoms with Gasteiger partial charge in [-0.1, -0.05) is 29.3 Å². The van der Waals surface area contributed by atoms with Gasteiger partial charge in [0.15, 0.2) is 0 Å². The molecular formula is C14H13Cl2NO2S. The van der Waals surface area contributed by atoms with E-state index < -0.39 is 11.6 Å². The molecule has 106 valence electrons. The van der Waals surface area contributed by atoms with Gasteiger partial charge in [-0.2, -0.15) is 4.37 Å². The molecule has 0 atom stereocenters. The van der Waals surface area contributed by atoms with Crippen molar-refractivity contribution in [1.29, 1.82) is 0 Å². The molecule has 20 heavy (non-hydrogen) atoms. The number of hydrogen-bond acceptors (Lipinski definition) is 4. The zero-order chi connectivity index (χ0) is 14.9. The van der Waals surface area contributed by atoms with Crippen LogP contribution < -0.4 is 0 Å². The molecule has 0 aliphatic carbocycles. The number of rotatable bonds is 2. The summed E-state index contributed by atoms with van der Waals surface area (Å²) in [4.78, 5) is 12.4. The first-order chi connectivity index (χ1) is 9.28. The van der Waals surface area contributed by atoms with Crippen molar-refractivity contribution in [1.82, 2.24) is 4.37 Å². The van der Waals surface area contributed by atoms with Gasteiger partial charge in [-0.15, -0.1) is 0 Å². The summed E-state index contributed by atoms with van der Waals surface area (Å²) in [6.07, 6.45) is 0. The Bertz CT molecular complexity index is 627. The first-order valence-electron chi connectivity index (χ1n) is 5.92. The van der Waals surface area contributed by atoms with E-state index in [4.69, 9.17) is 27.9 Å². The Hall–Kier alpha value is -1.10. The molecule has 0 unspecified atom stereocenters. The van der Waals surface area contributed by atoms with Crippen LogP contribution in [0.5, 0.6) is 0 Å². The van der Waals surface area contributed by atoms with E-state index in [1.165, 1.54) is 0 Å². The van der Waals surface area contributed by atoms with Crippen LogP contribution in [0.25, 0.3) is 11.3 Å². The lowest BCUT2D eigenvalue weighted by atomic mass is 10.1. The summed E-state index contributed by atoms with van der Waals surface area (Å²) in [5, 5.41) is 0.997. The maximum absolute atomic E-state index is 12.0. The predicted molar refractivity (Wildman–Crippen MR) is 82.7 cm³/mol. The van der Waals surface area contributed by atoms with Crippen molar-refractivity contribution >= 4 is 40.7 Å². The lowest BCUT2D eigenvalue weighted by Crippen LogP contribution is -2.23. The number of ether oxygens (including phenoxy) is 1. The Kier molecular flexibility index (Phi) is 4.37. The van der Waals surface area contributed by atoms with Gasteiger partial charge in [0.2, 0.25) is 0 Å². The molecule has 2 aromatic rings. The minimum absolute atomic E-state index is 0.399. The van der Waals surface area contributed by atoms with Crippen molar-refractivity contribution in [3.05, 3.63) is 39.2 Å². The van der Waals surface area contributed by atoms with E-state index in [0.29, 0.717) is 26.2 Å². The van der Waals surface area contributed by atoms with Crippen LogP contribution in [0, 0.1) is 0 Å². The van der Waals surface area contributed by atoms with Gasteiger partial charge >= 0.3 is 5.97 Å². The molecule has 1 aromatic heterocycles. The van der Waals surface area contributed by atoms with Gasteiger partial charge in [-0.25, -0.2) is 4.79 Å². The van der Waals surface area contributed by atoms with Crippen molar-refractivity contribution in [3.8, 4) is 11.3 Å². The summed E-state index contributed by atoms with van der Waals surface area (Å²) in [5.74, 6) is -0.399. The monoisotopic (exact) mass is 329 g/mol. The minimum Gasteiger partial charge on any atom is -0.456 e. The molecule has 2 rings (SSSR count). The third-order valence-corrected chi connectivity index (χ3v) is 3.73. The summed E-state index contributed by atoms with van der Waals surface area (Å²) < 4.78 is 9.53. The van der Waals surface area contributed by atoms with Crippen LogP contribution in [0.1, 0.15) is 30.4 Å². The molecule has 0 amide bonds. The van der Waals surface area contributed by atoms with E-state index in [2.05, 4.69) is 4.37 Å². The zero-order valence-corrected chi connectivity index (χ0v) is 13.6. The van der Waals surface area contributed by atoms with E-state index in [1.54, 1.807) is 24.3 Å². The average Bonchev–Trinajstić information content (AvgIpc) is 2.76. The molecule has 0 saturated carbocycles. The van der Waals surface area contributed by atoms with Crippen molar-refractivity contribution in [2.75, 3.05) is 0 Å². The highest BCUT2D eigenvalue weighted by Gasteiger charge is 2.21. The second kappa shape index (κ2) is 5.72. The molecule has 0 bridgehead atoms. The summed E-state index contributed by atoms with van der Waals surface area (Å²) in [6, 6.07) is 6.87. The average molecular weight is 330 g/mol. The van der Waals surface area contributed by atoms with Crippen LogP contribution in [0.2, 0.25) is 10.0 Å². The molecule has 0 aliphatic heterocycles. The molecule has 0 saturated heterocycles. The largest absolute Gasteiger partial charge is 0.456 e. The van der Waals surface area contributed by atoms with Crippen LogP contribution in [-0.2, 0) is 4.74 Å². The third kappa shape index (κ3) is 3.51. The van der Waals surface area contributed by atoms with Gasteiger partial charge in [0, 0.05) is 5.56 Å². The molecule has 0 spiro atoms. The fraction of sp³-hybridized carbons (Fsp3) is 0.286. The zero-order valence-electron chi connectivity index (χ0n) is 11.2. The summed E-state index contributed by atoms with van der Waals surface area (Å²) >= 11 is 13.3. The maximum atomic E-state index is 12.0. The van der Waals surface area contributed by atoms with Crippen LogP contribution in [-0.4, -0.2) is 15.9 Å². The van der Waals surface area contributed by atoms with Gasteiger partial charge in [0.1, 0.15) is 10.5 Å². The SMILES string of the molecule is CC(C)(C)OC(=O)c1cc(-c2c(Cl)cccc2Cl)ns1. The Balaban J connectivity index is 2.32. The number of aromatic nitrogens is 1. The van der Waals surface area contributed by atoms with Gasteiger partial charge in [0.25, 0.3) is 0 Å². The van der Waals surface area contributed by atoms with Gasteiger partial charge in [-0.3, -0.25) is 0 Å². The van der Waals surface area contributed by atoms with Gasteiger partial charge < -0.3 is 4.74 Å². The first kappa shape index (κ1) is 15.3. The fourth-order valence-electron chi connectivity index (χ4n) is 1.56. The molecule has 3 nitrogen and oxygen atoms in total. The predicted octanol–water partition coefficient (Wildman–Crippen LogP) is 5.07. The van der Waals surface area contributed by atoms with E-state index in [1.807, 2.05) is 20.8 Å². The Morgan fingerprint density at radius 2 is 1.85 bits per heavy atom. The number of nitrogens with zero attached hydrogens (tertiary/aromatic N) is 1. The first-order valence-corrected chi connectivity index (χ1v) is 7.45. The molecule has 0 fully saturated rings. The van der Waals surface area contributed by atoms with Crippen LogP contribution in [0.3, 0.4) is 0 Å². The fourth-order valence-corrected chi connectivity index (χ4v) is 2.77. The van der Waals surface area contributed by atoms with Crippen LogP contribution >= 0.6 is 34.7 Å². The lowest BCUT2D eigenvalue weighted by molar-refractivity contribution is 0.00753. The van der Waals surface area contributed by atoms with E-state index in [9.17, 15) is 4.79 Å². The Labute approximate surface area is 131 Å². The summed E-state index contributed by atoms with van der Waals surface area (Å²) in [6.45, 7) is 5.45. The third-order valence-electron chi connectivity index (χ3n) is 2.33. The number of halogens is 2. The summed E-state index contributed by atoms with van der Waals surface area (Å²) in [5.41, 5.74) is 0.664. The number of hydrogen-bond donors (Lipinski definition) is 0. The highest BCUT2D eigenvalue weighted by Crippen LogP contribution is 2.35. The second-order valence-electron chi connectivity index (χ2n) is 5.17. The topological polar surface area (TPSA) is 39.2 Å². The molecule has 6 heteroatoms. The quantitative estimate of drug-likeness (QED) is 0.722. The maximum Gasteiger partial charge on any atom is 0.350 e. The molecule has 0 N–H and O–H groups in total. The van der Waals surface area contributed by atoms with Gasteiger partial charge in [0.05, 0.1) is 15.7 Å². The van der Waals surface area contributed by atoms with E-state index >= 15 is 0 Å². The smallest absolute Gasteiger partial charge is 0.350 e. The second-order valence-corrected chi connectivity index (χ2v) is 6.79. The van der Waals surface area contributed by atoms with E-state index in [0.717, 1.165) is 11.5 Å².